The molecule has 0 radical (unpaired) electrons. The molecule has 1 aliphatic heterocycles. The van der Waals surface area contributed by atoms with Crippen LogP contribution >= 0.6 is 11.3 Å². The number of amides is 2. The Hall–Kier alpha value is -3.44. The lowest BCUT2D eigenvalue weighted by Crippen LogP contribution is -2.48. The SMILES string of the molecule is Cc1ccc(O)c(C)c1NC(=O)c1cnc(Nc2cc(C)n(C(C)C(=O)N3CCNCC3)n2)s1. The molecule has 0 bridgehead atoms. The number of benzene rings is 1. The molecule has 0 saturated carbocycles. The fourth-order valence-corrected chi connectivity index (χ4v) is 4.66. The molecule has 3 aromatic rings. The number of hydrogen-bond donors (Lipinski definition) is 4. The molecule has 34 heavy (non-hydrogen) atoms. The smallest absolute Gasteiger partial charge is 0.267 e. The zero-order valence-electron chi connectivity index (χ0n) is 19.7. The molecule has 11 heteroatoms. The number of aryl methyl sites for hydroxylation is 2. The third-order valence-electron chi connectivity index (χ3n) is 5.92. The molecule has 2 aromatic heterocycles. The van der Waals surface area contributed by atoms with Gasteiger partial charge in [0.1, 0.15) is 16.7 Å². The first-order valence-corrected chi connectivity index (χ1v) is 11.9. The first-order valence-electron chi connectivity index (χ1n) is 11.1. The molecule has 0 spiro atoms. The number of carbonyl (C=O) groups is 2. The molecule has 1 unspecified atom stereocenters. The summed E-state index contributed by atoms with van der Waals surface area (Å²) >= 11 is 1.20. The number of nitrogens with one attached hydrogen (secondary N) is 3. The lowest BCUT2D eigenvalue weighted by Gasteiger charge is -2.30. The Morgan fingerprint density at radius 3 is 2.68 bits per heavy atom. The number of piperazine rings is 1. The van der Waals surface area contributed by atoms with Crippen molar-refractivity contribution in [3.63, 3.8) is 0 Å². The summed E-state index contributed by atoms with van der Waals surface area (Å²) in [5.41, 5.74) is 2.91. The molecule has 10 nitrogen and oxygen atoms in total. The lowest BCUT2D eigenvalue weighted by molar-refractivity contribution is -0.135. The van der Waals surface area contributed by atoms with E-state index in [-0.39, 0.29) is 17.6 Å². The van der Waals surface area contributed by atoms with Crippen LogP contribution in [0.3, 0.4) is 0 Å². The van der Waals surface area contributed by atoms with E-state index in [4.69, 9.17) is 0 Å². The molecular weight excluding hydrogens is 454 g/mol. The predicted octanol–water partition coefficient (Wildman–Crippen LogP) is 2.96. The van der Waals surface area contributed by atoms with Gasteiger partial charge in [0.25, 0.3) is 5.91 Å². The summed E-state index contributed by atoms with van der Waals surface area (Å²) in [6.07, 6.45) is 1.50. The number of phenols is 1. The van der Waals surface area contributed by atoms with E-state index >= 15 is 0 Å². The van der Waals surface area contributed by atoms with Gasteiger partial charge in [-0.1, -0.05) is 17.4 Å². The molecule has 4 rings (SSSR count). The van der Waals surface area contributed by atoms with Crippen LogP contribution in [0.1, 0.15) is 39.5 Å². The van der Waals surface area contributed by atoms with Crippen LogP contribution in [0, 0.1) is 20.8 Å². The van der Waals surface area contributed by atoms with Gasteiger partial charge in [-0.05, 0) is 39.3 Å². The van der Waals surface area contributed by atoms with E-state index in [0.717, 1.165) is 24.3 Å². The van der Waals surface area contributed by atoms with Crippen LogP contribution < -0.4 is 16.0 Å². The zero-order valence-corrected chi connectivity index (χ0v) is 20.5. The number of anilines is 3. The number of aromatic hydroxyl groups is 1. The Balaban J connectivity index is 1.44. The normalized spacial score (nSPS) is 14.6. The van der Waals surface area contributed by atoms with Crippen LogP contribution in [0.4, 0.5) is 16.6 Å². The average Bonchev–Trinajstić information content (AvgIpc) is 3.45. The molecule has 180 valence electrons. The van der Waals surface area contributed by atoms with Gasteiger partial charge < -0.3 is 26.0 Å². The van der Waals surface area contributed by atoms with Crippen molar-refractivity contribution in [2.75, 3.05) is 36.8 Å². The lowest BCUT2D eigenvalue weighted by atomic mass is 10.1. The molecule has 3 heterocycles. The minimum atomic E-state index is -0.417. The van der Waals surface area contributed by atoms with E-state index in [2.05, 4.69) is 26.0 Å². The third kappa shape index (κ3) is 4.90. The van der Waals surface area contributed by atoms with Crippen molar-refractivity contribution >= 4 is 39.8 Å². The molecule has 2 amide bonds. The summed E-state index contributed by atoms with van der Waals surface area (Å²) in [5, 5.41) is 24.3. The summed E-state index contributed by atoms with van der Waals surface area (Å²) in [7, 11) is 0. The average molecular weight is 484 g/mol. The summed E-state index contributed by atoms with van der Waals surface area (Å²) in [6, 6.07) is 4.79. The van der Waals surface area contributed by atoms with Gasteiger partial charge in [0, 0.05) is 43.5 Å². The largest absolute Gasteiger partial charge is 0.508 e. The van der Waals surface area contributed by atoms with Crippen molar-refractivity contribution in [3.8, 4) is 5.75 Å². The third-order valence-corrected chi connectivity index (χ3v) is 6.83. The second kappa shape index (κ2) is 9.82. The summed E-state index contributed by atoms with van der Waals surface area (Å²) in [5.74, 6) is 0.422. The fraction of sp³-hybridized carbons (Fsp3) is 0.391. The van der Waals surface area contributed by atoms with Crippen LogP contribution in [0.25, 0.3) is 0 Å². The first-order chi connectivity index (χ1) is 16.2. The minimum absolute atomic E-state index is 0.0463. The maximum Gasteiger partial charge on any atom is 0.267 e. The zero-order chi connectivity index (χ0) is 24.4. The van der Waals surface area contributed by atoms with E-state index in [0.29, 0.717) is 40.2 Å². The Bertz CT molecular complexity index is 1210. The predicted molar refractivity (Wildman–Crippen MR) is 132 cm³/mol. The minimum Gasteiger partial charge on any atom is -0.508 e. The molecule has 0 aliphatic carbocycles. The second-order valence-electron chi connectivity index (χ2n) is 8.38. The van der Waals surface area contributed by atoms with E-state index in [1.807, 2.05) is 31.7 Å². The van der Waals surface area contributed by atoms with Gasteiger partial charge >= 0.3 is 0 Å². The van der Waals surface area contributed by atoms with Crippen LogP contribution in [0.5, 0.6) is 5.75 Å². The number of carbonyl (C=O) groups excluding carboxylic acids is 2. The number of hydrogen-bond acceptors (Lipinski definition) is 8. The van der Waals surface area contributed by atoms with E-state index in [9.17, 15) is 14.7 Å². The maximum absolute atomic E-state index is 12.9. The summed E-state index contributed by atoms with van der Waals surface area (Å²) in [4.78, 5) is 32.2. The Labute approximate surface area is 202 Å². The van der Waals surface area contributed by atoms with Crippen LogP contribution in [0.2, 0.25) is 0 Å². The molecule has 1 saturated heterocycles. The maximum atomic E-state index is 12.9. The van der Waals surface area contributed by atoms with Crippen molar-refractivity contribution < 1.29 is 14.7 Å². The van der Waals surface area contributed by atoms with Gasteiger partial charge in [-0.3, -0.25) is 14.3 Å². The van der Waals surface area contributed by atoms with Gasteiger partial charge in [0.15, 0.2) is 10.9 Å². The highest BCUT2D eigenvalue weighted by Crippen LogP contribution is 2.30. The quantitative estimate of drug-likeness (QED) is 0.425. The van der Waals surface area contributed by atoms with E-state index in [1.165, 1.54) is 17.5 Å². The van der Waals surface area contributed by atoms with E-state index < -0.39 is 6.04 Å². The highest BCUT2D eigenvalue weighted by atomic mass is 32.1. The molecule has 1 aromatic carbocycles. The van der Waals surface area contributed by atoms with Gasteiger partial charge in [-0.15, -0.1) is 0 Å². The van der Waals surface area contributed by atoms with E-state index in [1.54, 1.807) is 23.7 Å². The molecule has 1 atom stereocenters. The van der Waals surface area contributed by atoms with Crippen LogP contribution in [-0.4, -0.2) is 62.8 Å². The van der Waals surface area contributed by atoms with Crippen molar-refractivity contribution in [3.05, 3.63) is 46.1 Å². The summed E-state index contributed by atoms with van der Waals surface area (Å²) in [6.45, 7) is 10.4. The number of aromatic nitrogens is 3. The Kier molecular flexibility index (Phi) is 6.85. The number of phenolic OH excluding ortho intramolecular Hbond substituents is 1. The van der Waals surface area contributed by atoms with Gasteiger partial charge in [-0.25, -0.2) is 4.98 Å². The van der Waals surface area contributed by atoms with Crippen LogP contribution in [-0.2, 0) is 4.79 Å². The Morgan fingerprint density at radius 1 is 1.21 bits per heavy atom. The molecular formula is C23H29N7O3S. The Morgan fingerprint density at radius 2 is 1.94 bits per heavy atom. The van der Waals surface area contributed by atoms with Gasteiger partial charge in [-0.2, -0.15) is 5.10 Å². The van der Waals surface area contributed by atoms with Crippen molar-refractivity contribution in [2.45, 2.75) is 33.7 Å². The van der Waals surface area contributed by atoms with Crippen molar-refractivity contribution in [1.29, 1.82) is 0 Å². The number of rotatable bonds is 6. The summed E-state index contributed by atoms with van der Waals surface area (Å²) < 4.78 is 1.71. The monoisotopic (exact) mass is 483 g/mol. The fourth-order valence-electron chi connectivity index (χ4n) is 3.94. The highest BCUT2D eigenvalue weighted by Gasteiger charge is 2.25. The van der Waals surface area contributed by atoms with Crippen molar-refractivity contribution in [2.24, 2.45) is 0 Å². The van der Waals surface area contributed by atoms with Crippen molar-refractivity contribution in [1.82, 2.24) is 25.0 Å². The van der Waals surface area contributed by atoms with Crippen LogP contribution in [0.15, 0.2) is 24.4 Å². The first kappa shape index (κ1) is 23.7. The number of thiazole rings is 1. The highest BCUT2D eigenvalue weighted by molar-refractivity contribution is 7.17. The molecule has 1 fully saturated rings. The molecule has 4 N–H and O–H groups in total. The molecule has 1 aliphatic rings. The topological polar surface area (TPSA) is 124 Å². The van der Waals surface area contributed by atoms with Gasteiger partial charge in [0.2, 0.25) is 5.91 Å². The number of nitrogens with zero attached hydrogens (tertiary/aromatic N) is 4. The standard InChI is InChI=1S/C23H29N7O3S/c1-13-5-6-17(31)15(3)20(13)27-21(32)18-12-25-23(34-18)26-19-11-14(2)30(28-19)16(4)22(33)29-9-7-24-8-10-29/h5-6,11-12,16,24,31H,7-10H2,1-4H3,(H,27,32)(H,25,26,28). The van der Waals surface area contributed by atoms with Gasteiger partial charge in [0.05, 0.1) is 11.9 Å². The second-order valence-corrected chi connectivity index (χ2v) is 9.41.